The summed E-state index contributed by atoms with van der Waals surface area (Å²) in [7, 11) is 0. The van der Waals surface area contributed by atoms with Gasteiger partial charge in [-0.1, -0.05) is 54.6 Å². The first kappa shape index (κ1) is 20.4. The molecule has 2 N–H and O–H groups in total. The molecule has 0 bridgehead atoms. The van der Waals surface area contributed by atoms with Crippen LogP contribution in [0, 0.1) is 6.92 Å². The Morgan fingerprint density at radius 2 is 1.81 bits per heavy atom. The summed E-state index contributed by atoms with van der Waals surface area (Å²) in [6.45, 7) is 4.00. The van der Waals surface area contributed by atoms with Gasteiger partial charge in [-0.3, -0.25) is 0 Å². The molecular formula is C26H24N2O3. The van der Waals surface area contributed by atoms with Gasteiger partial charge in [0.1, 0.15) is 11.3 Å². The first-order valence-electron chi connectivity index (χ1n) is 10.2. The van der Waals surface area contributed by atoms with Gasteiger partial charge in [-0.15, -0.1) is 0 Å². The van der Waals surface area contributed by atoms with Gasteiger partial charge in [0.15, 0.2) is 0 Å². The molecule has 0 saturated heterocycles. The van der Waals surface area contributed by atoms with E-state index in [-0.39, 0.29) is 17.8 Å². The number of anilines is 1. The SMILES string of the molecule is CCOC(=O)c1cccc(NC(c2ccccc2)c2ccc3ccc(C)nc3c2O)c1. The maximum Gasteiger partial charge on any atom is 0.338 e. The third-order valence-electron chi connectivity index (χ3n) is 5.13. The van der Waals surface area contributed by atoms with Crippen LogP contribution >= 0.6 is 0 Å². The molecule has 0 saturated carbocycles. The van der Waals surface area contributed by atoms with Crippen molar-refractivity contribution in [2.45, 2.75) is 19.9 Å². The number of carbonyl (C=O) groups excluding carboxylic acids is 1. The molecule has 4 rings (SSSR count). The van der Waals surface area contributed by atoms with Crippen LogP contribution in [0.5, 0.6) is 5.75 Å². The molecule has 0 aliphatic heterocycles. The second-order valence-corrected chi connectivity index (χ2v) is 7.32. The number of benzene rings is 3. The van der Waals surface area contributed by atoms with Crippen LogP contribution in [0.1, 0.15) is 40.1 Å². The zero-order chi connectivity index (χ0) is 21.8. The molecule has 0 radical (unpaired) electrons. The molecular weight excluding hydrogens is 388 g/mol. The van der Waals surface area contributed by atoms with Crippen LogP contribution in [0.25, 0.3) is 10.9 Å². The van der Waals surface area contributed by atoms with Crippen LogP contribution in [0.3, 0.4) is 0 Å². The van der Waals surface area contributed by atoms with Gasteiger partial charge in [0, 0.05) is 22.3 Å². The number of phenols is 1. The van der Waals surface area contributed by atoms with E-state index in [1.807, 2.05) is 73.7 Å². The fourth-order valence-electron chi connectivity index (χ4n) is 3.62. The van der Waals surface area contributed by atoms with Crippen LogP contribution in [0.2, 0.25) is 0 Å². The van der Waals surface area contributed by atoms with Gasteiger partial charge in [-0.2, -0.15) is 0 Å². The van der Waals surface area contributed by atoms with Gasteiger partial charge >= 0.3 is 5.97 Å². The van der Waals surface area contributed by atoms with Crippen molar-refractivity contribution >= 4 is 22.6 Å². The number of carbonyl (C=O) groups is 1. The molecule has 0 fully saturated rings. The zero-order valence-electron chi connectivity index (χ0n) is 17.5. The highest BCUT2D eigenvalue weighted by atomic mass is 16.5. The summed E-state index contributed by atoms with van der Waals surface area (Å²) >= 11 is 0. The number of ether oxygens (including phenoxy) is 1. The molecule has 3 aromatic carbocycles. The van der Waals surface area contributed by atoms with Crippen LogP contribution in [0.15, 0.2) is 78.9 Å². The fraction of sp³-hybridized carbons (Fsp3) is 0.154. The Kier molecular flexibility index (Phi) is 5.85. The number of phenolic OH excluding ortho intramolecular Hbond substituents is 1. The molecule has 31 heavy (non-hydrogen) atoms. The molecule has 4 aromatic rings. The minimum absolute atomic E-state index is 0.143. The number of rotatable bonds is 6. The number of nitrogens with one attached hydrogen (secondary N) is 1. The average Bonchev–Trinajstić information content (AvgIpc) is 2.79. The molecule has 0 aliphatic rings. The minimum atomic E-state index is -0.365. The van der Waals surface area contributed by atoms with E-state index in [2.05, 4.69) is 10.3 Å². The maximum absolute atomic E-state index is 12.2. The molecule has 0 aliphatic carbocycles. The van der Waals surface area contributed by atoms with Crippen molar-refractivity contribution in [1.29, 1.82) is 0 Å². The van der Waals surface area contributed by atoms with Gasteiger partial charge in [-0.05, 0) is 43.7 Å². The predicted octanol–water partition coefficient (Wildman–Crippen LogP) is 5.63. The smallest absolute Gasteiger partial charge is 0.338 e. The number of pyridine rings is 1. The molecule has 1 atom stereocenters. The minimum Gasteiger partial charge on any atom is -0.505 e. The van der Waals surface area contributed by atoms with Gasteiger partial charge < -0.3 is 15.2 Å². The lowest BCUT2D eigenvalue weighted by atomic mass is 9.95. The predicted molar refractivity (Wildman–Crippen MR) is 122 cm³/mol. The lowest BCUT2D eigenvalue weighted by Crippen LogP contribution is -2.13. The van der Waals surface area contributed by atoms with Crippen LogP contribution in [-0.4, -0.2) is 22.7 Å². The number of nitrogens with zero attached hydrogens (tertiary/aromatic N) is 1. The Bertz CT molecular complexity index is 1220. The van der Waals surface area contributed by atoms with Crippen molar-refractivity contribution < 1.29 is 14.6 Å². The summed E-state index contributed by atoms with van der Waals surface area (Å²) in [5, 5.41) is 15.5. The van der Waals surface area contributed by atoms with Gasteiger partial charge in [0.05, 0.1) is 18.2 Å². The molecule has 5 nitrogen and oxygen atoms in total. The number of esters is 1. The summed E-state index contributed by atoms with van der Waals surface area (Å²) in [6.07, 6.45) is 0. The van der Waals surface area contributed by atoms with Crippen molar-refractivity contribution in [3.63, 3.8) is 0 Å². The van der Waals surface area contributed by atoms with Crippen molar-refractivity contribution in [2.75, 3.05) is 11.9 Å². The summed E-state index contributed by atoms with van der Waals surface area (Å²) in [6, 6.07) is 24.5. The summed E-state index contributed by atoms with van der Waals surface area (Å²) in [4.78, 5) is 16.7. The fourth-order valence-corrected chi connectivity index (χ4v) is 3.62. The zero-order valence-corrected chi connectivity index (χ0v) is 17.5. The number of aryl methyl sites for hydroxylation is 1. The number of fused-ring (bicyclic) bond motifs is 1. The monoisotopic (exact) mass is 412 g/mol. The Morgan fingerprint density at radius 1 is 1.03 bits per heavy atom. The van der Waals surface area contributed by atoms with E-state index in [9.17, 15) is 9.90 Å². The van der Waals surface area contributed by atoms with Gasteiger partial charge in [0.2, 0.25) is 0 Å². The van der Waals surface area contributed by atoms with Crippen molar-refractivity contribution in [1.82, 2.24) is 4.98 Å². The largest absolute Gasteiger partial charge is 0.505 e. The molecule has 0 amide bonds. The number of aromatic nitrogens is 1. The Balaban J connectivity index is 1.78. The average molecular weight is 412 g/mol. The molecule has 1 aromatic heterocycles. The molecule has 1 heterocycles. The maximum atomic E-state index is 12.2. The lowest BCUT2D eigenvalue weighted by Gasteiger charge is -2.23. The standard InChI is InChI=1S/C26H24N2O3/c1-3-31-26(30)20-10-7-11-21(16-20)28-23(18-8-5-4-6-9-18)22-15-14-19-13-12-17(2)27-24(19)25(22)29/h4-16,23,28-29H,3H2,1-2H3. The third kappa shape index (κ3) is 4.36. The summed E-state index contributed by atoms with van der Waals surface area (Å²) < 4.78 is 5.12. The Morgan fingerprint density at radius 3 is 2.58 bits per heavy atom. The van der Waals surface area contributed by atoms with E-state index in [4.69, 9.17) is 4.74 Å². The molecule has 1 unspecified atom stereocenters. The number of hydrogen-bond acceptors (Lipinski definition) is 5. The highest BCUT2D eigenvalue weighted by Gasteiger charge is 2.20. The van der Waals surface area contributed by atoms with E-state index >= 15 is 0 Å². The first-order chi connectivity index (χ1) is 15.1. The third-order valence-corrected chi connectivity index (χ3v) is 5.13. The van der Waals surface area contributed by atoms with Crippen LogP contribution < -0.4 is 5.32 Å². The number of hydrogen-bond donors (Lipinski definition) is 2. The van der Waals surface area contributed by atoms with Crippen molar-refractivity contribution in [2.24, 2.45) is 0 Å². The second kappa shape index (κ2) is 8.88. The van der Waals surface area contributed by atoms with Gasteiger partial charge in [0.25, 0.3) is 0 Å². The molecule has 5 heteroatoms. The first-order valence-corrected chi connectivity index (χ1v) is 10.2. The van der Waals surface area contributed by atoms with E-state index in [1.54, 1.807) is 19.1 Å². The van der Waals surface area contributed by atoms with Crippen molar-refractivity contribution in [3.05, 3.63) is 101 Å². The van der Waals surface area contributed by atoms with E-state index in [0.717, 1.165) is 22.3 Å². The highest BCUT2D eigenvalue weighted by Crippen LogP contribution is 2.36. The molecule has 156 valence electrons. The highest BCUT2D eigenvalue weighted by molar-refractivity contribution is 5.90. The Labute approximate surface area is 181 Å². The molecule has 0 spiro atoms. The topological polar surface area (TPSA) is 71.5 Å². The normalized spacial score (nSPS) is 11.8. The number of aromatic hydroxyl groups is 1. The summed E-state index contributed by atoms with van der Waals surface area (Å²) in [5.41, 5.74) is 4.31. The lowest BCUT2D eigenvalue weighted by molar-refractivity contribution is 0.0526. The Hall–Kier alpha value is -3.86. The van der Waals surface area contributed by atoms with Crippen LogP contribution in [-0.2, 0) is 4.74 Å². The van der Waals surface area contributed by atoms with Crippen molar-refractivity contribution in [3.8, 4) is 5.75 Å². The van der Waals surface area contributed by atoms with E-state index < -0.39 is 0 Å². The van der Waals surface area contributed by atoms with Crippen LogP contribution in [0.4, 0.5) is 5.69 Å². The van der Waals surface area contributed by atoms with E-state index in [1.165, 1.54) is 0 Å². The summed E-state index contributed by atoms with van der Waals surface area (Å²) in [5.74, 6) is -0.222. The second-order valence-electron chi connectivity index (χ2n) is 7.32. The van der Waals surface area contributed by atoms with Gasteiger partial charge in [-0.25, -0.2) is 9.78 Å². The quantitative estimate of drug-likeness (QED) is 0.402. The van der Waals surface area contributed by atoms with E-state index in [0.29, 0.717) is 23.3 Å².